The molecule has 1 aliphatic heterocycles. The van der Waals surface area contributed by atoms with Crippen LogP contribution in [0.1, 0.15) is 0 Å². The van der Waals surface area contributed by atoms with E-state index in [1.165, 1.54) is 5.69 Å². The lowest BCUT2D eigenvalue weighted by atomic mass is 10.1. The van der Waals surface area contributed by atoms with Crippen LogP contribution in [0, 0.1) is 0 Å². The molecule has 1 saturated heterocycles. The Labute approximate surface area is 202 Å². The van der Waals surface area contributed by atoms with E-state index in [0.717, 1.165) is 54.4 Å². The number of rotatable bonds is 5. The van der Waals surface area contributed by atoms with Crippen molar-refractivity contribution in [2.24, 2.45) is 0 Å². The quantitative estimate of drug-likeness (QED) is 0.402. The average molecular weight is 480 g/mol. The molecule has 168 valence electrons. The summed E-state index contributed by atoms with van der Waals surface area (Å²) in [4.78, 5) is 13.8. The van der Waals surface area contributed by atoms with Crippen LogP contribution in [0.25, 0.3) is 22.5 Å². The fourth-order valence-corrected chi connectivity index (χ4v) is 4.40. The van der Waals surface area contributed by atoms with Crippen molar-refractivity contribution < 1.29 is 0 Å². The molecule has 5 rings (SSSR count). The Morgan fingerprint density at radius 3 is 2.48 bits per heavy atom. The number of nitrogens with zero attached hydrogens (tertiary/aromatic N) is 5. The van der Waals surface area contributed by atoms with Crippen molar-refractivity contribution >= 4 is 40.5 Å². The number of halogens is 2. The van der Waals surface area contributed by atoms with Gasteiger partial charge in [-0.05, 0) is 55.6 Å². The van der Waals surface area contributed by atoms with E-state index in [4.69, 9.17) is 28.2 Å². The van der Waals surface area contributed by atoms with Gasteiger partial charge in [-0.25, -0.2) is 9.97 Å². The van der Waals surface area contributed by atoms with Crippen LogP contribution in [-0.4, -0.2) is 58.3 Å². The summed E-state index contributed by atoms with van der Waals surface area (Å²) < 4.78 is 0. The molecule has 7 nitrogen and oxygen atoms in total. The van der Waals surface area contributed by atoms with Crippen LogP contribution in [0.4, 0.5) is 17.3 Å². The Morgan fingerprint density at radius 2 is 1.73 bits per heavy atom. The molecule has 1 aliphatic rings. The summed E-state index contributed by atoms with van der Waals surface area (Å²) in [5.74, 6) is 0.509. The third-order valence-electron chi connectivity index (χ3n) is 5.76. The maximum Gasteiger partial charge on any atom is 0.227 e. The van der Waals surface area contributed by atoms with E-state index in [1.807, 2.05) is 12.1 Å². The smallest absolute Gasteiger partial charge is 0.227 e. The summed E-state index contributed by atoms with van der Waals surface area (Å²) in [6.45, 7) is 4.24. The van der Waals surface area contributed by atoms with Crippen LogP contribution < -0.4 is 10.2 Å². The minimum Gasteiger partial charge on any atom is -0.369 e. The van der Waals surface area contributed by atoms with Gasteiger partial charge < -0.3 is 15.1 Å². The van der Waals surface area contributed by atoms with E-state index in [2.05, 4.69) is 61.6 Å². The van der Waals surface area contributed by atoms with E-state index in [-0.39, 0.29) is 0 Å². The second kappa shape index (κ2) is 9.39. The Bertz CT molecular complexity index is 1250. The van der Waals surface area contributed by atoms with Gasteiger partial charge in [0.15, 0.2) is 0 Å². The maximum absolute atomic E-state index is 6.41. The molecule has 33 heavy (non-hydrogen) atoms. The van der Waals surface area contributed by atoms with Crippen molar-refractivity contribution in [3.8, 4) is 22.5 Å². The van der Waals surface area contributed by atoms with Gasteiger partial charge in [0.2, 0.25) is 5.95 Å². The Kier molecular flexibility index (Phi) is 6.17. The second-order valence-electron chi connectivity index (χ2n) is 8.01. The highest BCUT2D eigenvalue weighted by Gasteiger charge is 2.16. The molecule has 2 aromatic heterocycles. The third-order valence-corrected chi connectivity index (χ3v) is 6.31. The predicted octanol–water partition coefficient (Wildman–Crippen LogP) is 5.34. The van der Waals surface area contributed by atoms with Gasteiger partial charge in [-0.3, -0.25) is 5.10 Å². The van der Waals surface area contributed by atoms with Gasteiger partial charge in [0, 0.05) is 59.9 Å². The Morgan fingerprint density at radius 1 is 0.939 bits per heavy atom. The maximum atomic E-state index is 6.41. The number of hydrogen-bond acceptors (Lipinski definition) is 6. The van der Waals surface area contributed by atoms with Crippen molar-refractivity contribution in [3.05, 3.63) is 71.0 Å². The molecular formula is C24H23Cl2N7. The number of likely N-dealkylation sites (N-methyl/N-ethyl adjacent to an activating group) is 1. The molecular weight excluding hydrogens is 457 g/mol. The number of aromatic nitrogens is 4. The lowest BCUT2D eigenvalue weighted by molar-refractivity contribution is 0.313. The molecule has 0 radical (unpaired) electrons. The van der Waals surface area contributed by atoms with Crippen LogP contribution in [0.15, 0.2) is 60.9 Å². The molecule has 2 aromatic carbocycles. The molecule has 9 heteroatoms. The topological polar surface area (TPSA) is 73.0 Å². The molecule has 0 amide bonds. The van der Waals surface area contributed by atoms with E-state index in [0.29, 0.717) is 16.0 Å². The lowest BCUT2D eigenvalue weighted by Crippen LogP contribution is -2.44. The monoisotopic (exact) mass is 479 g/mol. The van der Waals surface area contributed by atoms with E-state index >= 15 is 0 Å². The largest absolute Gasteiger partial charge is 0.369 e. The first-order valence-electron chi connectivity index (χ1n) is 10.7. The predicted molar refractivity (Wildman–Crippen MR) is 135 cm³/mol. The van der Waals surface area contributed by atoms with Gasteiger partial charge in [0.25, 0.3) is 0 Å². The molecule has 0 unspecified atom stereocenters. The van der Waals surface area contributed by atoms with Gasteiger partial charge in [0.1, 0.15) is 0 Å². The number of H-pyrrole nitrogens is 1. The van der Waals surface area contributed by atoms with Gasteiger partial charge in [-0.2, -0.15) is 5.10 Å². The summed E-state index contributed by atoms with van der Waals surface area (Å²) >= 11 is 12.5. The van der Waals surface area contributed by atoms with Crippen molar-refractivity contribution in [2.75, 3.05) is 43.4 Å². The SMILES string of the molecule is CN1CCN(c2ccc(Nc3nccc(-c4cn[nH]c4-c4ccc(Cl)cc4Cl)n3)cc2)CC1. The number of nitrogens with one attached hydrogen (secondary N) is 2. The number of hydrogen-bond donors (Lipinski definition) is 2. The molecule has 0 bridgehead atoms. The summed E-state index contributed by atoms with van der Waals surface area (Å²) in [7, 11) is 2.16. The average Bonchev–Trinajstić information content (AvgIpc) is 3.30. The standard InChI is InChI=1S/C24H23Cl2N7/c1-32-10-12-33(13-11-32)18-5-3-17(4-6-18)29-24-27-9-8-22(30-24)20-15-28-31-23(20)19-7-2-16(25)14-21(19)26/h2-9,14-15H,10-13H2,1H3,(H,28,31)(H,27,29,30). The van der Waals surface area contributed by atoms with Gasteiger partial charge >= 0.3 is 0 Å². The molecule has 4 aromatic rings. The van der Waals surface area contributed by atoms with Gasteiger partial charge in [-0.1, -0.05) is 23.2 Å². The van der Waals surface area contributed by atoms with Crippen molar-refractivity contribution in [1.82, 2.24) is 25.1 Å². The summed E-state index contributed by atoms with van der Waals surface area (Å²) in [6, 6.07) is 15.6. The number of anilines is 3. The fraction of sp³-hybridized carbons (Fsp3) is 0.208. The van der Waals surface area contributed by atoms with Crippen LogP contribution in [-0.2, 0) is 0 Å². The molecule has 3 heterocycles. The highest BCUT2D eigenvalue weighted by atomic mass is 35.5. The van der Waals surface area contributed by atoms with Crippen LogP contribution >= 0.6 is 23.2 Å². The Hall–Kier alpha value is -3.13. The first-order chi connectivity index (χ1) is 16.1. The number of aromatic amines is 1. The highest BCUT2D eigenvalue weighted by Crippen LogP contribution is 2.35. The Balaban J connectivity index is 1.35. The third kappa shape index (κ3) is 4.80. The zero-order valence-electron chi connectivity index (χ0n) is 18.1. The highest BCUT2D eigenvalue weighted by molar-refractivity contribution is 6.36. The molecule has 1 fully saturated rings. The van der Waals surface area contributed by atoms with Crippen LogP contribution in [0.2, 0.25) is 10.0 Å². The second-order valence-corrected chi connectivity index (χ2v) is 8.85. The summed E-state index contributed by atoms with van der Waals surface area (Å²) in [5.41, 5.74) is 5.30. The molecule has 0 spiro atoms. The van der Waals surface area contributed by atoms with E-state index in [1.54, 1.807) is 24.5 Å². The number of piperazine rings is 1. The fourth-order valence-electron chi connectivity index (χ4n) is 3.90. The van der Waals surface area contributed by atoms with Crippen LogP contribution in [0.5, 0.6) is 0 Å². The molecule has 0 aliphatic carbocycles. The van der Waals surface area contributed by atoms with E-state index in [9.17, 15) is 0 Å². The normalized spacial score (nSPS) is 14.5. The van der Waals surface area contributed by atoms with Gasteiger partial charge in [-0.15, -0.1) is 0 Å². The molecule has 0 atom stereocenters. The van der Waals surface area contributed by atoms with Crippen LogP contribution in [0.3, 0.4) is 0 Å². The van der Waals surface area contributed by atoms with E-state index < -0.39 is 0 Å². The van der Waals surface area contributed by atoms with Crippen molar-refractivity contribution in [2.45, 2.75) is 0 Å². The van der Waals surface area contributed by atoms with Crippen molar-refractivity contribution in [1.29, 1.82) is 0 Å². The van der Waals surface area contributed by atoms with Crippen molar-refractivity contribution in [3.63, 3.8) is 0 Å². The first kappa shape index (κ1) is 21.7. The molecule has 0 saturated carbocycles. The summed E-state index contributed by atoms with van der Waals surface area (Å²) in [5, 5.41) is 11.7. The number of benzene rings is 2. The lowest BCUT2D eigenvalue weighted by Gasteiger charge is -2.34. The zero-order chi connectivity index (χ0) is 22.8. The first-order valence-corrected chi connectivity index (χ1v) is 11.5. The summed E-state index contributed by atoms with van der Waals surface area (Å²) in [6.07, 6.45) is 3.46. The zero-order valence-corrected chi connectivity index (χ0v) is 19.6. The minimum absolute atomic E-state index is 0.509. The molecule has 2 N–H and O–H groups in total. The minimum atomic E-state index is 0.509. The van der Waals surface area contributed by atoms with Gasteiger partial charge in [0.05, 0.1) is 22.6 Å².